The summed E-state index contributed by atoms with van der Waals surface area (Å²) in [6, 6.07) is 3.49. The third-order valence-corrected chi connectivity index (χ3v) is 2.20. The van der Waals surface area contributed by atoms with E-state index in [0.717, 1.165) is 24.3 Å². The van der Waals surface area contributed by atoms with Gasteiger partial charge in [0.1, 0.15) is 5.69 Å². The lowest BCUT2D eigenvalue weighted by molar-refractivity contribution is -0.383. The SMILES string of the molecule is Cc1cc2c(c([N+](=O)[O-])c1)NCCN2. The molecule has 1 aliphatic rings. The highest BCUT2D eigenvalue weighted by Crippen LogP contribution is 2.35. The Balaban J connectivity index is 2.58. The summed E-state index contributed by atoms with van der Waals surface area (Å²) in [6.07, 6.45) is 0. The van der Waals surface area contributed by atoms with Crippen molar-refractivity contribution in [3.8, 4) is 0 Å². The molecule has 2 N–H and O–H groups in total. The first-order valence-corrected chi connectivity index (χ1v) is 4.45. The molecule has 0 atom stereocenters. The molecule has 5 nitrogen and oxygen atoms in total. The van der Waals surface area contributed by atoms with Gasteiger partial charge in [-0.05, 0) is 18.6 Å². The van der Waals surface area contributed by atoms with Crippen molar-refractivity contribution in [1.29, 1.82) is 0 Å². The van der Waals surface area contributed by atoms with E-state index in [-0.39, 0.29) is 10.6 Å². The minimum absolute atomic E-state index is 0.146. The van der Waals surface area contributed by atoms with Crippen LogP contribution in [-0.2, 0) is 0 Å². The standard InChI is InChI=1S/C9H11N3O2/c1-6-4-7-9(11-3-2-10-7)8(5-6)12(13)14/h4-5,10-11H,2-3H2,1H3. The van der Waals surface area contributed by atoms with Crippen LogP contribution < -0.4 is 10.6 Å². The number of nitrogens with one attached hydrogen (secondary N) is 2. The molecule has 0 saturated heterocycles. The van der Waals surface area contributed by atoms with Crippen LogP contribution in [0.25, 0.3) is 0 Å². The maximum Gasteiger partial charge on any atom is 0.294 e. The molecule has 0 saturated carbocycles. The summed E-state index contributed by atoms with van der Waals surface area (Å²) in [5.41, 5.74) is 2.47. The molecule has 1 aromatic rings. The Hall–Kier alpha value is -1.78. The predicted octanol–water partition coefficient (Wildman–Crippen LogP) is 1.74. The van der Waals surface area contributed by atoms with Gasteiger partial charge in [0.05, 0.1) is 10.6 Å². The van der Waals surface area contributed by atoms with Crippen LogP contribution in [0.4, 0.5) is 17.1 Å². The molecular formula is C9H11N3O2. The molecule has 1 heterocycles. The number of nitrogens with zero attached hydrogens (tertiary/aromatic N) is 1. The number of hydrogen-bond acceptors (Lipinski definition) is 4. The first kappa shape index (κ1) is 8.80. The van der Waals surface area contributed by atoms with Gasteiger partial charge in [-0.3, -0.25) is 10.1 Å². The second-order valence-corrected chi connectivity index (χ2v) is 3.32. The van der Waals surface area contributed by atoms with Gasteiger partial charge < -0.3 is 10.6 Å². The lowest BCUT2D eigenvalue weighted by atomic mass is 10.1. The summed E-state index contributed by atoms with van der Waals surface area (Å²) in [6.45, 7) is 3.37. The molecule has 0 aliphatic carbocycles. The second kappa shape index (κ2) is 3.17. The van der Waals surface area contributed by atoms with Gasteiger partial charge in [-0.1, -0.05) is 0 Å². The molecular weight excluding hydrogens is 182 g/mol. The van der Waals surface area contributed by atoms with Gasteiger partial charge in [0.25, 0.3) is 5.69 Å². The van der Waals surface area contributed by atoms with Crippen LogP contribution >= 0.6 is 0 Å². The van der Waals surface area contributed by atoms with Gasteiger partial charge in [0.15, 0.2) is 0 Å². The molecule has 14 heavy (non-hydrogen) atoms. The maximum atomic E-state index is 10.8. The van der Waals surface area contributed by atoms with Crippen LogP contribution in [0.1, 0.15) is 5.56 Å². The largest absolute Gasteiger partial charge is 0.381 e. The Kier molecular flexibility index (Phi) is 1.99. The summed E-state index contributed by atoms with van der Waals surface area (Å²) in [5, 5.41) is 16.9. The van der Waals surface area contributed by atoms with E-state index in [0.29, 0.717) is 5.69 Å². The van der Waals surface area contributed by atoms with E-state index >= 15 is 0 Å². The van der Waals surface area contributed by atoms with Crippen molar-refractivity contribution < 1.29 is 4.92 Å². The first-order valence-electron chi connectivity index (χ1n) is 4.45. The highest BCUT2D eigenvalue weighted by Gasteiger charge is 2.20. The Labute approximate surface area is 81.3 Å². The summed E-state index contributed by atoms with van der Waals surface area (Å²) >= 11 is 0. The summed E-state index contributed by atoms with van der Waals surface area (Å²) < 4.78 is 0. The van der Waals surface area contributed by atoms with E-state index in [1.807, 2.05) is 13.0 Å². The fourth-order valence-corrected chi connectivity index (χ4v) is 1.62. The molecule has 0 radical (unpaired) electrons. The van der Waals surface area contributed by atoms with Gasteiger partial charge in [0.2, 0.25) is 0 Å². The number of rotatable bonds is 1. The Morgan fingerprint density at radius 3 is 2.79 bits per heavy atom. The number of benzene rings is 1. The number of anilines is 2. The lowest BCUT2D eigenvalue weighted by Crippen LogP contribution is -2.21. The third kappa shape index (κ3) is 1.37. The molecule has 1 aliphatic heterocycles. The average molecular weight is 193 g/mol. The topological polar surface area (TPSA) is 67.2 Å². The summed E-state index contributed by atoms with van der Waals surface area (Å²) in [5.74, 6) is 0. The zero-order chi connectivity index (χ0) is 10.1. The number of nitro benzene ring substituents is 1. The molecule has 1 aromatic carbocycles. The van der Waals surface area contributed by atoms with Crippen LogP contribution in [0.3, 0.4) is 0 Å². The van der Waals surface area contributed by atoms with Gasteiger partial charge in [0, 0.05) is 19.2 Å². The molecule has 0 spiro atoms. The molecule has 74 valence electrons. The molecule has 0 fully saturated rings. The van der Waals surface area contributed by atoms with Crippen molar-refractivity contribution in [1.82, 2.24) is 0 Å². The second-order valence-electron chi connectivity index (χ2n) is 3.32. The zero-order valence-corrected chi connectivity index (χ0v) is 7.83. The van der Waals surface area contributed by atoms with Crippen LogP contribution in [0, 0.1) is 17.0 Å². The van der Waals surface area contributed by atoms with Crippen molar-refractivity contribution in [2.75, 3.05) is 23.7 Å². The molecule has 0 aromatic heterocycles. The van der Waals surface area contributed by atoms with E-state index in [1.165, 1.54) is 0 Å². The average Bonchev–Trinajstić information content (AvgIpc) is 2.16. The fourth-order valence-electron chi connectivity index (χ4n) is 1.62. The van der Waals surface area contributed by atoms with Gasteiger partial charge in [-0.15, -0.1) is 0 Å². The van der Waals surface area contributed by atoms with Crippen LogP contribution in [0.2, 0.25) is 0 Å². The molecule has 0 amide bonds. The van der Waals surface area contributed by atoms with Crippen molar-refractivity contribution in [2.24, 2.45) is 0 Å². The number of nitro groups is 1. The molecule has 0 unspecified atom stereocenters. The van der Waals surface area contributed by atoms with E-state index in [2.05, 4.69) is 10.6 Å². The lowest BCUT2D eigenvalue weighted by Gasteiger charge is -2.19. The van der Waals surface area contributed by atoms with Gasteiger partial charge in [-0.2, -0.15) is 0 Å². The van der Waals surface area contributed by atoms with E-state index in [4.69, 9.17) is 0 Å². The zero-order valence-electron chi connectivity index (χ0n) is 7.83. The van der Waals surface area contributed by atoms with E-state index < -0.39 is 0 Å². The van der Waals surface area contributed by atoms with Crippen LogP contribution in [0.5, 0.6) is 0 Å². The highest BCUT2D eigenvalue weighted by atomic mass is 16.6. The Morgan fingerprint density at radius 2 is 2.07 bits per heavy atom. The van der Waals surface area contributed by atoms with E-state index in [1.54, 1.807) is 6.07 Å². The number of aryl methyl sites for hydroxylation is 1. The number of fused-ring (bicyclic) bond motifs is 1. The maximum absolute atomic E-state index is 10.8. The predicted molar refractivity (Wildman–Crippen MR) is 54.8 cm³/mol. The van der Waals surface area contributed by atoms with Crippen LogP contribution in [-0.4, -0.2) is 18.0 Å². The van der Waals surface area contributed by atoms with Crippen molar-refractivity contribution in [2.45, 2.75) is 6.92 Å². The van der Waals surface area contributed by atoms with Gasteiger partial charge in [-0.25, -0.2) is 0 Å². The molecule has 0 bridgehead atoms. The first-order chi connectivity index (χ1) is 6.68. The van der Waals surface area contributed by atoms with E-state index in [9.17, 15) is 10.1 Å². The summed E-state index contributed by atoms with van der Waals surface area (Å²) in [7, 11) is 0. The monoisotopic (exact) mass is 193 g/mol. The number of hydrogen-bond donors (Lipinski definition) is 2. The quantitative estimate of drug-likeness (QED) is 0.526. The molecule has 2 rings (SSSR count). The fraction of sp³-hybridized carbons (Fsp3) is 0.333. The van der Waals surface area contributed by atoms with Crippen LogP contribution in [0.15, 0.2) is 12.1 Å². The summed E-state index contributed by atoms with van der Waals surface area (Å²) in [4.78, 5) is 10.4. The Bertz CT molecular complexity index is 390. The molecule has 5 heteroatoms. The Morgan fingerprint density at radius 1 is 1.36 bits per heavy atom. The minimum atomic E-state index is -0.355. The third-order valence-electron chi connectivity index (χ3n) is 2.20. The van der Waals surface area contributed by atoms with Gasteiger partial charge >= 0.3 is 0 Å². The van der Waals surface area contributed by atoms with Crippen molar-refractivity contribution in [3.63, 3.8) is 0 Å². The van der Waals surface area contributed by atoms with Crippen molar-refractivity contribution in [3.05, 3.63) is 27.8 Å². The smallest absolute Gasteiger partial charge is 0.294 e. The highest BCUT2D eigenvalue weighted by molar-refractivity contribution is 5.80. The normalized spacial score (nSPS) is 13.8. The minimum Gasteiger partial charge on any atom is -0.381 e. The van der Waals surface area contributed by atoms with Crippen molar-refractivity contribution >= 4 is 17.1 Å².